The molecule has 2 aromatic rings. The molecule has 0 fully saturated rings. The van der Waals surface area contributed by atoms with Gasteiger partial charge in [0.25, 0.3) is 0 Å². The molecular weight excluding hydrogens is 368 g/mol. The Morgan fingerprint density at radius 1 is 1.22 bits per heavy atom. The van der Waals surface area contributed by atoms with Gasteiger partial charge in [-0.2, -0.15) is 16.9 Å². The molecule has 1 heterocycles. The topological polar surface area (TPSA) is 113 Å². The molecule has 9 heteroatoms. The van der Waals surface area contributed by atoms with E-state index in [-0.39, 0.29) is 30.6 Å². The van der Waals surface area contributed by atoms with Crippen molar-refractivity contribution in [3.8, 4) is 0 Å². The van der Waals surface area contributed by atoms with Gasteiger partial charge in [0.05, 0.1) is 6.42 Å². The summed E-state index contributed by atoms with van der Waals surface area (Å²) in [6.07, 6.45) is 4.06. The number of rotatable bonds is 10. The fraction of sp³-hybridized carbons (Fsp3) is 0.333. The minimum Gasteiger partial charge on any atom is -0.480 e. The van der Waals surface area contributed by atoms with Crippen molar-refractivity contribution in [3.63, 3.8) is 0 Å². The number of aliphatic carboxylic acids is 1. The van der Waals surface area contributed by atoms with E-state index < -0.39 is 12.0 Å². The van der Waals surface area contributed by atoms with Gasteiger partial charge in [0.1, 0.15) is 12.6 Å². The smallest absolute Gasteiger partial charge is 0.325 e. The van der Waals surface area contributed by atoms with Crippen molar-refractivity contribution in [3.05, 3.63) is 48.2 Å². The summed E-state index contributed by atoms with van der Waals surface area (Å²) in [5, 5.41) is 18.1. The van der Waals surface area contributed by atoms with Gasteiger partial charge >= 0.3 is 5.97 Å². The highest BCUT2D eigenvalue weighted by Crippen LogP contribution is 2.08. The Labute approximate surface area is 161 Å². The molecule has 0 saturated carbocycles. The van der Waals surface area contributed by atoms with E-state index in [4.69, 9.17) is 5.11 Å². The minimum atomic E-state index is -1.03. The van der Waals surface area contributed by atoms with E-state index in [1.165, 1.54) is 16.9 Å². The lowest BCUT2D eigenvalue weighted by atomic mass is 10.1. The second-order valence-corrected chi connectivity index (χ2v) is 6.83. The quantitative estimate of drug-likeness (QED) is 0.565. The molecule has 144 valence electrons. The Bertz CT molecular complexity index is 779. The van der Waals surface area contributed by atoms with Gasteiger partial charge in [-0.3, -0.25) is 19.1 Å². The van der Waals surface area contributed by atoms with E-state index >= 15 is 0 Å². The van der Waals surface area contributed by atoms with E-state index in [1.54, 1.807) is 11.8 Å². The summed E-state index contributed by atoms with van der Waals surface area (Å²) in [5.74, 6) is -0.698. The number of hydrogen-bond donors (Lipinski definition) is 3. The first kappa shape index (κ1) is 20.5. The van der Waals surface area contributed by atoms with Crippen LogP contribution in [0.4, 0.5) is 5.82 Å². The number of carbonyl (C=O) groups is 3. The van der Waals surface area contributed by atoms with E-state index in [0.29, 0.717) is 12.2 Å². The van der Waals surface area contributed by atoms with Crippen LogP contribution < -0.4 is 10.6 Å². The van der Waals surface area contributed by atoms with Crippen LogP contribution in [0.25, 0.3) is 0 Å². The van der Waals surface area contributed by atoms with Gasteiger partial charge in [-0.1, -0.05) is 30.3 Å². The number of anilines is 1. The Morgan fingerprint density at radius 2 is 1.96 bits per heavy atom. The molecule has 0 bridgehead atoms. The highest BCUT2D eigenvalue weighted by atomic mass is 32.2. The van der Waals surface area contributed by atoms with Crippen LogP contribution in [0, 0.1) is 0 Å². The molecule has 1 unspecified atom stereocenters. The largest absolute Gasteiger partial charge is 0.480 e. The predicted molar refractivity (Wildman–Crippen MR) is 104 cm³/mol. The van der Waals surface area contributed by atoms with Crippen molar-refractivity contribution in [2.75, 3.05) is 17.3 Å². The SMILES string of the molecule is CSCCC(NC(=O)Cc1ccccc1)C(=O)Nc1ccn(CC(=O)O)n1. The zero-order valence-electron chi connectivity index (χ0n) is 14.9. The van der Waals surface area contributed by atoms with Crippen LogP contribution in [0.15, 0.2) is 42.6 Å². The summed E-state index contributed by atoms with van der Waals surface area (Å²) in [7, 11) is 0. The van der Waals surface area contributed by atoms with Crippen LogP contribution in [0.1, 0.15) is 12.0 Å². The minimum absolute atomic E-state index is 0.192. The molecule has 3 N–H and O–H groups in total. The van der Waals surface area contributed by atoms with Crippen molar-refractivity contribution in [2.45, 2.75) is 25.4 Å². The Balaban J connectivity index is 1.96. The van der Waals surface area contributed by atoms with Gasteiger partial charge in [-0.15, -0.1) is 0 Å². The van der Waals surface area contributed by atoms with Gasteiger partial charge in [-0.25, -0.2) is 0 Å². The molecule has 0 saturated heterocycles. The number of nitrogens with zero attached hydrogens (tertiary/aromatic N) is 2. The first-order chi connectivity index (χ1) is 13.0. The van der Waals surface area contributed by atoms with Crippen LogP contribution >= 0.6 is 11.8 Å². The third kappa shape index (κ3) is 7.14. The summed E-state index contributed by atoms with van der Waals surface area (Å²) in [6, 6.07) is 10.1. The molecule has 1 aromatic carbocycles. The molecule has 2 amide bonds. The van der Waals surface area contributed by atoms with Crippen molar-refractivity contribution >= 4 is 35.4 Å². The molecule has 8 nitrogen and oxygen atoms in total. The molecule has 0 aliphatic heterocycles. The molecule has 27 heavy (non-hydrogen) atoms. The van der Waals surface area contributed by atoms with Crippen LogP contribution in [-0.4, -0.2) is 50.7 Å². The van der Waals surface area contributed by atoms with E-state index in [2.05, 4.69) is 15.7 Å². The summed E-state index contributed by atoms with van der Waals surface area (Å²) < 4.78 is 1.21. The number of amides is 2. The summed E-state index contributed by atoms with van der Waals surface area (Å²) in [4.78, 5) is 35.5. The summed E-state index contributed by atoms with van der Waals surface area (Å²) >= 11 is 1.58. The Morgan fingerprint density at radius 3 is 2.63 bits per heavy atom. The average Bonchev–Trinajstić information content (AvgIpc) is 3.05. The van der Waals surface area contributed by atoms with Crippen molar-refractivity contribution in [2.24, 2.45) is 0 Å². The molecule has 1 atom stereocenters. The maximum atomic E-state index is 12.5. The molecule has 0 radical (unpaired) electrons. The third-order valence-electron chi connectivity index (χ3n) is 3.66. The maximum Gasteiger partial charge on any atom is 0.325 e. The lowest BCUT2D eigenvalue weighted by Gasteiger charge is -2.17. The highest BCUT2D eigenvalue weighted by Gasteiger charge is 2.21. The molecule has 0 aliphatic rings. The number of thioether (sulfide) groups is 1. The number of carboxylic acid groups (broad SMARTS) is 1. The lowest BCUT2D eigenvalue weighted by Crippen LogP contribution is -2.44. The monoisotopic (exact) mass is 390 g/mol. The van der Waals surface area contributed by atoms with Gasteiger partial charge in [0, 0.05) is 12.3 Å². The van der Waals surface area contributed by atoms with Crippen molar-refractivity contribution in [1.29, 1.82) is 0 Å². The van der Waals surface area contributed by atoms with E-state index in [1.807, 2.05) is 36.6 Å². The molecular formula is C18H22N4O4S. The number of aromatic nitrogens is 2. The van der Waals surface area contributed by atoms with Gasteiger partial charge in [-0.05, 0) is 24.0 Å². The average molecular weight is 390 g/mol. The van der Waals surface area contributed by atoms with Crippen LogP contribution in [0.5, 0.6) is 0 Å². The number of benzene rings is 1. The Kier molecular flexibility index (Phi) is 7.87. The fourth-order valence-corrected chi connectivity index (χ4v) is 2.87. The van der Waals surface area contributed by atoms with Crippen molar-refractivity contribution in [1.82, 2.24) is 15.1 Å². The standard InChI is InChI=1S/C18H22N4O4S/c1-27-10-8-14(19-16(23)11-13-5-3-2-4-6-13)18(26)20-15-7-9-22(21-15)12-17(24)25/h2-7,9,14H,8,10-12H2,1H3,(H,19,23)(H,24,25)(H,20,21,26). The van der Waals surface area contributed by atoms with Gasteiger partial charge < -0.3 is 15.7 Å². The molecule has 2 rings (SSSR count). The number of hydrogen-bond acceptors (Lipinski definition) is 5. The lowest BCUT2D eigenvalue weighted by molar-refractivity contribution is -0.137. The van der Waals surface area contributed by atoms with Gasteiger partial charge in [0.15, 0.2) is 5.82 Å². The molecule has 0 aliphatic carbocycles. The first-order valence-electron chi connectivity index (χ1n) is 8.36. The second kappa shape index (κ2) is 10.4. The second-order valence-electron chi connectivity index (χ2n) is 5.85. The number of nitrogens with one attached hydrogen (secondary N) is 2. The first-order valence-corrected chi connectivity index (χ1v) is 9.75. The number of carboxylic acids is 1. The fourth-order valence-electron chi connectivity index (χ4n) is 2.40. The molecule has 0 spiro atoms. The van der Waals surface area contributed by atoms with Crippen LogP contribution in [0.2, 0.25) is 0 Å². The maximum absolute atomic E-state index is 12.5. The predicted octanol–water partition coefficient (Wildman–Crippen LogP) is 1.39. The van der Waals surface area contributed by atoms with E-state index in [0.717, 1.165) is 5.56 Å². The Hall–Kier alpha value is -2.81. The number of carbonyl (C=O) groups excluding carboxylic acids is 2. The third-order valence-corrected chi connectivity index (χ3v) is 4.30. The van der Waals surface area contributed by atoms with Gasteiger partial charge in [0.2, 0.25) is 11.8 Å². The van der Waals surface area contributed by atoms with E-state index in [9.17, 15) is 14.4 Å². The highest BCUT2D eigenvalue weighted by molar-refractivity contribution is 7.98. The zero-order valence-corrected chi connectivity index (χ0v) is 15.7. The van der Waals surface area contributed by atoms with Crippen LogP contribution in [0.3, 0.4) is 0 Å². The summed E-state index contributed by atoms with van der Waals surface area (Å²) in [6.45, 7) is -0.292. The summed E-state index contributed by atoms with van der Waals surface area (Å²) in [5.41, 5.74) is 0.867. The van der Waals surface area contributed by atoms with Crippen LogP contribution in [-0.2, 0) is 27.3 Å². The zero-order chi connectivity index (χ0) is 19.6. The normalized spacial score (nSPS) is 11.6. The van der Waals surface area contributed by atoms with Crippen molar-refractivity contribution < 1.29 is 19.5 Å². The molecule has 1 aromatic heterocycles.